The molecule has 0 radical (unpaired) electrons. The third-order valence-electron chi connectivity index (χ3n) is 4.33. The normalized spacial score (nSPS) is 10.6. The van der Waals surface area contributed by atoms with Crippen LogP contribution < -0.4 is 5.32 Å². The molecule has 4 rings (SSSR count). The van der Waals surface area contributed by atoms with E-state index in [2.05, 4.69) is 15.3 Å². The topological polar surface area (TPSA) is 54.9 Å². The van der Waals surface area contributed by atoms with Crippen LogP contribution in [0.2, 0.25) is 5.02 Å². The van der Waals surface area contributed by atoms with Crippen molar-refractivity contribution in [1.29, 1.82) is 0 Å². The van der Waals surface area contributed by atoms with E-state index in [9.17, 15) is 4.79 Å². The van der Waals surface area contributed by atoms with Crippen molar-refractivity contribution in [2.24, 2.45) is 0 Å². The molecule has 28 heavy (non-hydrogen) atoms. The maximum atomic E-state index is 12.5. The summed E-state index contributed by atoms with van der Waals surface area (Å²) in [7, 11) is 0. The SMILES string of the molecule is Cc1ccccc1C(=O)Nc1ccc(-c2cc(-c3nccs3)ccc2Cl)nc1. The number of pyridine rings is 1. The van der Waals surface area contributed by atoms with Crippen LogP contribution in [-0.4, -0.2) is 15.9 Å². The quantitative estimate of drug-likeness (QED) is 0.447. The molecule has 0 aliphatic heterocycles. The number of halogens is 1. The summed E-state index contributed by atoms with van der Waals surface area (Å²) in [6.45, 7) is 1.91. The lowest BCUT2D eigenvalue weighted by Crippen LogP contribution is -2.13. The highest BCUT2D eigenvalue weighted by molar-refractivity contribution is 7.13. The molecule has 2 aromatic carbocycles. The largest absolute Gasteiger partial charge is 0.321 e. The predicted octanol–water partition coefficient (Wildman–Crippen LogP) is 6.09. The molecule has 0 fully saturated rings. The Hall–Kier alpha value is -3.02. The lowest BCUT2D eigenvalue weighted by atomic mass is 10.1. The Morgan fingerprint density at radius 3 is 2.64 bits per heavy atom. The number of aryl methyl sites for hydroxylation is 1. The molecule has 6 heteroatoms. The van der Waals surface area contributed by atoms with Crippen molar-refractivity contribution in [3.8, 4) is 21.8 Å². The molecular weight excluding hydrogens is 390 g/mol. The van der Waals surface area contributed by atoms with Crippen LogP contribution in [0.1, 0.15) is 15.9 Å². The van der Waals surface area contributed by atoms with Gasteiger partial charge >= 0.3 is 0 Å². The highest BCUT2D eigenvalue weighted by Gasteiger charge is 2.11. The van der Waals surface area contributed by atoms with Gasteiger partial charge in [0.1, 0.15) is 5.01 Å². The Morgan fingerprint density at radius 2 is 1.93 bits per heavy atom. The second kappa shape index (κ2) is 7.92. The van der Waals surface area contributed by atoms with Gasteiger partial charge < -0.3 is 5.32 Å². The number of anilines is 1. The monoisotopic (exact) mass is 405 g/mol. The molecule has 0 aliphatic rings. The summed E-state index contributed by atoms with van der Waals surface area (Å²) in [5, 5.41) is 6.37. The van der Waals surface area contributed by atoms with Gasteiger partial charge in [0.25, 0.3) is 5.91 Å². The van der Waals surface area contributed by atoms with Crippen LogP contribution >= 0.6 is 22.9 Å². The van der Waals surface area contributed by atoms with E-state index < -0.39 is 0 Å². The fraction of sp³-hybridized carbons (Fsp3) is 0.0455. The van der Waals surface area contributed by atoms with Crippen LogP contribution in [0.15, 0.2) is 72.4 Å². The van der Waals surface area contributed by atoms with E-state index >= 15 is 0 Å². The molecule has 0 bridgehead atoms. The lowest BCUT2D eigenvalue weighted by Gasteiger charge is -2.09. The number of nitrogens with zero attached hydrogens (tertiary/aromatic N) is 2. The van der Waals surface area contributed by atoms with Gasteiger partial charge in [-0.05, 0) is 42.8 Å². The highest BCUT2D eigenvalue weighted by Crippen LogP contribution is 2.32. The molecule has 1 amide bonds. The molecule has 4 aromatic rings. The average molecular weight is 406 g/mol. The van der Waals surface area contributed by atoms with E-state index in [-0.39, 0.29) is 5.91 Å². The van der Waals surface area contributed by atoms with Gasteiger partial charge in [-0.25, -0.2) is 4.98 Å². The zero-order valence-corrected chi connectivity index (χ0v) is 16.6. The second-order valence-corrected chi connectivity index (χ2v) is 7.53. The van der Waals surface area contributed by atoms with Crippen molar-refractivity contribution < 1.29 is 4.79 Å². The number of benzene rings is 2. The van der Waals surface area contributed by atoms with Crippen LogP contribution in [-0.2, 0) is 0 Å². The van der Waals surface area contributed by atoms with Crippen molar-refractivity contribution >= 4 is 34.5 Å². The Morgan fingerprint density at radius 1 is 1.07 bits per heavy atom. The molecule has 0 atom stereocenters. The van der Waals surface area contributed by atoms with E-state index in [1.54, 1.807) is 29.8 Å². The maximum Gasteiger partial charge on any atom is 0.255 e. The summed E-state index contributed by atoms with van der Waals surface area (Å²) in [5.41, 5.74) is 4.75. The Labute approximate surface area is 171 Å². The van der Waals surface area contributed by atoms with E-state index in [4.69, 9.17) is 11.6 Å². The summed E-state index contributed by atoms with van der Waals surface area (Å²) in [5.74, 6) is -0.156. The summed E-state index contributed by atoms with van der Waals surface area (Å²) in [6.07, 6.45) is 3.41. The number of hydrogen-bond donors (Lipinski definition) is 1. The van der Waals surface area contributed by atoms with Gasteiger partial charge in [-0.1, -0.05) is 35.9 Å². The molecule has 0 unspecified atom stereocenters. The lowest BCUT2D eigenvalue weighted by molar-refractivity contribution is 0.102. The Kier molecular flexibility index (Phi) is 5.19. The summed E-state index contributed by atoms with van der Waals surface area (Å²) in [4.78, 5) is 21.3. The molecule has 4 nitrogen and oxygen atoms in total. The van der Waals surface area contributed by atoms with E-state index in [1.807, 2.05) is 60.8 Å². The second-order valence-electron chi connectivity index (χ2n) is 6.23. The van der Waals surface area contributed by atoms with Crippen molar-refractivity contribution in [2.75, 3.05) is 5.32 Å². The van der Waals surface area contributed by atoms with Gasteiger partial charge in [0.05, 0.1) is 22.6 Å². The van der Waals surface area contributed by atoms with Crippen LogP contribution in [0.4, 0.5) is 5.69 Å². The Bertz CT molecular complexity index is 1120. The van der Waals surface area contributed by atoms with Crippen molar-refractivity contribution in [1.82, 2.24) is 9.97 Å². The number of carbonyl (C=O) groups excluding carboxylic acids is 1. The first-order chi connectivity index (χ1) is 13.6. The molecule has 1 N–H and O–H groups in total. The van der Waals surface area contributed by atoms with Gasteiger partial charge in [0, 0.05) is 28.3 Å². The number of carbonyl (C=O) groups is 1. The number of aromatic nitrogens is 2. The predicted molar refractivity (Wildman–Crippen MR) is 115 cm³/mol. The fourth-order valence-electron chi connectivity index (χ4n) is 2.87. The number of amides is 1. The minimum atomic E-state index is -0.156. The number of rotatable bonds is 4. The van der Waals surface area contributed by atoms with Gasteiger partial charge in [-0.2, -0.15) is 0 Å². The molecule has 2 heterocycles. The van der Waals surface area contributed by atoms with Crippen molar-refractivity contribution in [2.45, 2.75) is 6.92 Å². The third-order valence-corrected chi connectivity index (χ3v) is 5.48. The average Bonchev–Trinajstić information content (AvgIpc) is 3.24. The van der Waals surface area contributed by atoms with Crippen LogP contribution in [0, 0.1) is 6.92 Å². The van der Waals surface area contributed by atoms with E-state index in [0.29, 0.717) is 16.3 Å². The molecule has 0 spiro atoms. The summed E-state index contributed by atoms with van der Waals surface area (Å²) >= 11 is 7.96. The molecule has 0 saturated carbocycles. The minimum Gasteiger partial charge on any atom is -0.321 e. The Balaban J connectivity index is 1.58. The standard InChI is InChI=1S/C22H16ClN3OS/c1-14-4-2-3-5-17(14)21(27)26-16-7-9-20(25-13-16)18-12-15(6-8-19(18)23)22-24-10-11-28-22/h2-13H,1H3,(H,26,27). The van der Waals surface area contributed by atoms with Gasteiger partial charge in [-0.15, -0.1) is 11.3 Å². The van der Waals surface area contributed by atoms with Gasteiger partial charge in [-0.3, -0.25) is 9.78 Å². The van der Waals surface area contributed by atoms with Crippen LogP contribution in [0.5, 0.6) is 0 Å². The summed E-state index contributed by atoms with van der Waals surface area (Å²) < 4.78 is 0. The highest BCUT2D eigenvalue weighted by atomic mass is 35.5. The molecule has 138 valence electrons. The zero-order valence-electron chi connectivity index (χ0n) is 15.0. The molecular formula is C22H16ClN3OS. The third kappa shape index (κ3) is 3.81. The first kappa shape index (κ1) is 18.3. The van der Waals surface area contributed by atoms with Gasteiger partial charge in [0.2, 0.25) is 0 Å². The first-order valence-corrected chi connectivity index (χ1v) is 9.90. The number of nitrogens with one attached hydrogen (secondary N) is 1. The van der Waals surface area contributed by atoms with E-state index in [1.165, 1.54) is 0 Å². The fourth-order valence-corrected chi connectivity index (χ4v) is 3.72. The molecule has 0 aliphatic carbocycles. The molecule has 0 saturated heterocycles. The van der Waals surface area contributed by atoms with Gasteiger partial charge in [0.15, 0.2) is 0 Å². The smallest absolute Gasteiger partial charge is 0.255 e. The van der Waals surface area contributed by atoms with E-state index in [0.717, 1.165) is 27.4 Å². The molecule has 2 aromatic heterocycles. The van der Waals surface area contributed by atoms with Crippen molar-refractivity contribution in [3.05, 3.63) is 88.5 Å². The number of thiazole rings is 1. The number of hydrogen-bond acceptors (Lipinski definition) is 4. The summed E-state index contributed by atoms with van der Waals surface area (Å²) in [6, 6.07) is 16.9. The zero-order chi connectivity index (χ0) is 19.5. The minimum absolute atomic E-state index is 0.156. The van der Waals surface area contributed by atoms with Crippen LogP contribution in [0.25, 0.3) is 21.8 Å². The first-order valence-electron chi connectivity index (χ1n) is 8.64. The van der Waals surface area contributed by atoms with Crippen molar-refractivity contribution in [3.63, 3.8) is 0 Å². The van der Waals surface area contributed by atoms with Crippen LogP contribution in [0.3, 0.4) is 0 Å². The maximum absolute atomic E-state index is 12.5.